The second-order valence-electron chi connectivity index (χ2n) is 4.78. The molecule has 5 heteroatoms. The maximum absolute atomic E-state index is 11.5. The van der Waals surface area contributed by atoms with E-state index in [9.17, 15) is 9.59 Å². The maximum atomic E-state index is 11.5. The van der Waals surface area contributed by atoms with Crippen molar-refractivity contribution in [1.29, 1.82) is 0 Å². The van der Waals surface area contributed by atoms with Gasteiger partial charge in [0.1, 0.15) is 0 Å². The molecular formula is C10H16N2O3. The lowest BCUT2D eigenvalue weighted by Crippen LogP contribution is -2.51. The molecule has 0 atom stereocenters. The fourth-order valence-corrected chi connectivity index (χ4v) is 1.86. The van der Waals surface area contributed by atoms with Crippen LogP contribution in [0.15, 0.2) is 0 Å². The molecule has 0 saturated heterocycles. The van der Waals surface area contributed by atoms with Gasteiger partial charge in [-0.3, -0.25) is 9.59 Å². The van der Waals surface area contributed by atoms with E-state index in [0.29, 0.717) is 25.7 Å². The Morgan fingerprint density at radius 2 is 1.87 bits per heavy atom. The number of hydrogen-bond donors (Lipinski definition) is 3. The van der Waals surface area contributed by atoms with E-state index in [1.807, 2.05) is 0 Å². The van der Waals surface area contributed by atoms with Crippen LogP contribution >= 0.6 is 0 Å². The number of carbonyl (C=O) groups is 2. The van der Waals surface area contributed by atoms with E-state index in [2.05, 4.69) is 5.32 Å². The zero-order valence-electron chi connectivity index (χ0n) is 8.58. The standard InChI is InChI=1S/C10H16N2O3/c11-10(4-5-10)7(13)12-6-9(8(14)15)2-1-3-9/h1-6,11H2,(H,12,13)(H,14,15). The summed E-state index contributed by atoms with van der Waals surface area (Å²) in [5.41, 5.74) is 4.27. The highest BCUT2D eigenvalue weighted by Crippen LogP contribution is 2.41. The van der Waals surface area contributed by atoms with Crippen LogP contribution in [0.5, 0.6) is 0 Å². The monoisotopic (exact) mass is 212 g/mol. The highest BCUT2D eigenvalue weighted by Gasteiger charge is 2.49. The molecule has 0 aromatic carbocycles. The average molecular weight is 212 g/mol. The van der Waals surface area contributed by atoms with Crippen molar-refractivity contribution in [3.8, 4) is 0 Å². The molecule has 84 valence electrons. The normalized spacial score (nSPS) is 25.1. The van der Waals surface area contributed by atoms with Gasteiger partial charge in [0.05, 0.1) is 11.0 Å². The van der Waals surface area contributed by atoms with Gasteiger partial charge in [-0.05, 0) is 25.7 Å². The number of aliphatic carboxylic acids is 1. The fourth-order valence-electron chi connectivity index (χ4n) is 1.86. The summed E-state index contributed by atoms with van der Waals surface area (Å²) in [6.45, 7) is 0.222. The van der Waals surface area contributed by atoms with Crippen LogP contribution in [0.4, 0.5) is 0 Å². The van der Waals surface area contributed by atoms with Crippen molar-refractivity contribution in [1.82, 2.24) is 5.32 Å². The number of hydrogen-bond acceptors (Lipinski definition) is 3. The summed E-state index contributed by atoms with van der Waals surface area (Å²) in [6, 6.07) is 0. The van der Waals surface area contributed by atoms with Gasteiger partial charge in [0.25, 0.3) is 0 Å². The Kier molecular flexibility index (Phi) is 2.22. The fraction of sp³-hybridized carbons (Fsp3) is 0.800. The smallest absolute Gasteiger partial charge is 0.311 e. The second kappa shape index (κ2) is 3.20. The Morgan fingerprint density at radius 3 is 2.20 bits per heavy atom. The summed E-state index contributed by atoms with van der Waals surface area (Å²) in [7, 11) is 0. The summed E-state index contributed by atoms with van der Waals surface area (Å²) in [6.07, 6.45) is 3.65. The van der Waals surface area contributed by atoms with Gasteiger partial charge in [-0.1, -0.05) is 6.42 Å². The molecule has 0 aliphatic heterocycles. The van der Waals surface area contributed by atoms with Crippen LogP contribution in [0.2, 0.25) is 0 Å². The maximum Gasteiger partial charge on any atom is 0.311 e. The predicted molar refractivity (Wildman–Crippen MR) is 53.1 cm³/mol. The number of nitrogens with two attached hydrogens (primary N) is 1. The summed E-state index contributed by atoms with van der Waals surface area (Å²) < 4.78 is 0. The van der Waals surface area contributed by atoms with Crippen LogP contribution in [0.1, 0.15) is 32.1 Å². The molecular weight excluding hydrogens is 196 g/mol. The third-order valence-electron chi connectivity index (χ3n) is 3.59. The Labute approximate surface area is 88.0 Å². The number of amides is 1. The van der Waals surface area contributed by atoms with Gasteiger partial charge in [-0.15, -0.1) is 0 Å². The molecule has 0 bridgehead atoms. The van der Waals surface area contributed by atoms with Crippen LogP contribution < -0.4 is 11.1 Å². The van der Waals surface area contributed by atoms with Crippen molar-refractivity contribution in [3.63, 3.8) is 0 Å². The lowest BCUT2D eigenvalue weighted by atomic mass is 9.69. The molecule has 5 nitrogen and oxygen atoms in total. The van der Waals surface area contributed by atoms with Gasteiger partial charge in [-0.2, -0.15) is 0 Å². The van der Waals surface area contributed by atoms with Gasteiger partial charge in [-0.25, -0.2) is 0 Å². The van der Waals surface area contributed by atoms with E-state index in [0.717, 1.165) is 6.42 Å². The van der Waals surface area contributed by atoms with Crippen molar-refractivity contribution in [2.24, 2.45) is 11.1 Å². The zero-order chi connectivity index (χ0) is 11.1. The van der Waals surface area contributed by atoms with Gasteiger partial charge >= 0.3 is 5.97 Å². The zero-order valence-corrected chi connectivity index (χ0v) is 8.58. The summed E-state index contributed by atoms with van der Waals surface area (Å²) in [5, 5.41) is 11.7. The van der Waals surface area contributed by atoms with Crippen LogP contribution in [-0.2, 0) is 9.59 Å². The number of carbonyl (C=O) groups excluding carboxylic acids is 1. The van der Waals surface area contributed by atoms with Crippen LogP contribution in [0.3, 0.4) is 0 Å². The molecule has 2 fully saturated rings. The van der Waals surface area contributed by atoms with E-state index in [-0.39, 0.29) is 12.5 Å². The first kappa shape index (κ1) is 10.4. The van der Waals surface area contributed by atoms with Gasteiger partial charge in [0.2, 0.25) is 5.91 Å². The first-order chi connectivity index (χ1) is 6.99. The van der Waals surface area contributed by atoms with Gasteiger partial charge < -0.3 is 16.2 Å². The van der Waals surface area contributed by atoms with Crippen molar-refractivity contribution < 1.29 is 14.7 Å². The first-order valence-corrected chi connectivity index (χ1v) is 5.29. The van der Waals surface area contributed by atoms with Crippen molar-refractivity contribution in [2.45, 2.75) is 37.6 Å². The molecule has 2 rings (SSSR count). The lowest BCUT2D eigenvalue weighted by Gasteiger charge is -2.37. The Hall–Kier alpha value is -1.10. The van der Waals surface area contributed by atoms with Crippen LogP contribution in [0, 0.1) is 5.41 Å². The molecule has 0 unspecified atom stereocenters. The molecule has 2 saturated carbocycles. The lowest BCUT2D eigenvalue weighted by molar-refractivity contribution is -0.154. The van der Waals surface area contributed by atoms with E-state index < -0.39 is 16.9 Å². The van der Waals surface area contributed by atoms with Gasteiger partial charge in [0, 0.05) is 6.54 Å². The minimum absolute atomic E-state index is 0.199. The molecule has 1 amide bonds. The van der Waals surface area contributed by atoms with Crippen LogP contribution in [0.25, 0.3) is 0 Å². The Morgan fingerprint density at radius 1 is 1.27 bits per heavy atom. The molecule has 4 N–H and O–H groups in total. The first-order valence-electron chi connectivity index (χ1n) is 5.29. The molecule has 0 heterocycles. The van der Waals surface area contributed by atoms with Gasteiger partial charge in [0.15, 0.2) is 0 Å². The molecule has 2 aliphatic carbocycles. The molecule has 0 aromatic heterocycles. The molecule has 0 radical (unpaired) electrons. The quantitative estimate of drug-likeness (QED) is 0.604. The second-order valence-corrected chi connectivity index (χ2v) is 4.78. The number of nitrogens with one attached hydrogen (secondary N) is 1. The SMILES string of the molecule is NC1(C(=O)NCC2(C(=O)O)CCC2)CC1. The highest BCUT2D eigenvalue weighted by atomic mass is 16.4. The molecule has 2 aliphatic rings. The number of carboxylic acid groups (broad SMARTS) is 1. The molecule has 15 heavy (non-hydrogen) atoms. The molecule has 0 aromatic rings. The number of carboxylic acids is 1. The van der Waals surface area contributed by atoms with Crippen molar-refractivity contribution in [3.05, 3.63) is 0 Å². The summed E-state index contributed by atoms with van der Waals surface area (Å²) in [5.74, 6) is -1.01. The minimum atomic E-state index is -0.809. The van der Waals surface area contributed by atoms with Crippen molar-refractivity contribution in [2.75, 3.05) is 6.54 Å². The Bertz CT molecular complexity index is 306. The third kappa shape index (κ3) is 1.71. The van der Waals surface area contributed by atoms with E-state index in [4.69, 9.17) is 10.8 Å². The number of rotatable bonds is 4. The predicted octanol–water partition coefficient (Wildman–Crippen LogP) is -0.151. The largest absolute Gasteiger partial charge is 0.481 e. The summed E-state index contributed by atoms with van der Waals surface area (Å²) >= 11 is 0. The highest BCUT2D eigenvalue weighted by molar-refractivity contribution is 5.89. The van der Waals surface area contributed by atoms with E-state index >= 15 is 0 Å². The van der Waals surface area contributed by atoms with E-state index in [1.54, 1.807) is 0 Å². The van der Waals surface area contributed by atoms with E-state index in [1.165, 1.54) is 0 Å². The Balaban J connectivity index is 1.86. The third-order valence-corrected chi connectivity index (χ3v) is 3.59. The average Bonchev–Trinajstić information content (AvgIpc) is 2.82. The van der Waals surface area contributed by atoms with Crippen LogP contribution in [-0.4, -0.2) is 29.1 Å². The van der Waals surface area contributed by atoms with Crippen molar-refractivity contribution >= 4 is 11.9 Å². The molecule has 0 spiro atoms. The minimum Gasteiger partial charge on any atom is -0.481 e. The topological polar surface area (TPSA) is 92.4 Å². The summed E-state index contributed by atoms with van der Waals surface area (Å²) in [4.78, 5) is 22.5.